The first kappa shape index (κ1) is 11.3. The van der Waals surface area contributed by atoms with E-state index in [1.807, 2.05) is 6.92 Å². The van der Waals surface area contributed by atoms with Crippen LogP contribution in [-0.4, -0.2) is 27.5 Å². The van der Waals surface area contributed by atoms with Gasteiger partial charge in [-0.15, -0.1) is 0 Å². The molecule has 0 heterocycles. The van der Waals surface area contributed by atoms with E-state index >= 15 is 0 Å². The third kappa shape index (κ3) is 1.72. The maximum absolute atomic E-state index is 10.6. The minimum absolute atomic E-state index is 0.370. The van der Waals surface area contributed by atoms with Gasteiger partial charge in [0, 0.05) is 0 Å². The van der Waals surface area contributed by atoms with Crippen molar-refractivity contribution < 1.29 is 10.2 Å². The van der Waals surface area contributed by atoms with Crippen molar-refractivity contribution >= 4 is 0 Å². The van der Waals surface area contributed by atoms with Gasteiger partial charge in [0.2, 0.25) is 0 Å². The molecule has 0 radical (unpaired) electrons. The molecule has 4 nitrogen and oxygen atoms in total. The Morgan fingerprint density at radius 3 is 2.64 bits per heavy atom. The fraction of sp³-hybridized carbons (Fsp3) is 0.800. The molecule has 0 amide bonds. The summed E-state index contributed by atoms with van der Waals surface area (Å²) < 4.78 is 0. The van der Waals surface area contributed by atoms with Gasteiger partial charge in [-0.05, 0) is 33.6 Å². The van der Waals surface area contributed by atoms with Gasteiger partial charge in [-0.2, -0.15) is 4.91 Å². The second-order valence-corrected chi connectivity index (χ2v) is 4.55. The van der Waals surface area contributed by atoms with Crippen molar-refractivity contribution in [3.05, 3.63) is 16.6 Å². The lowest BCUT2D eigenvalue weighted by molar-refractivity contribution is -0.143. The first-order chi connectivity index (χ1) is 6.31. The van der Waals surface area contributed by atoms with Crippen LogP contribution >= 0.6 is 0 Å². The smallest absolute Gasteiger partial charge is 0.142 e. The van der Waals surface area contributed by atoms with E-state index in [0.29, 0.717) is 12.8 Å². The fourth-order valence-electron chi connectivity index (χ4n) is 1.81. The van der Waals surface area contributed by atoms with E-state index in [1.54, 1.807) is 6.08 Å². The van der Waals surface area contributed by atoms with Crippen LogP contribution in [0.1, 0.15) is 33.6 Å². The molecule has 0 fully saturated rings. The third-order valence-electron chi connectivity index (χ3n) is 3.01. The van der Waals surface area contributed by atoms with Crippen molar-refractivity contribution in [1.29, 1.82) is 0 Å². The van der Waals surface area contributed by atoms with Crippen molar-refractivity contribution in [2.45, 2.75) is 50.9 Å². The fourth-order valence-corrected chi connectivity index (χ4v) is 1.81. The maximum atomic E-state index is 10.6. The molecule has 2 unspecified atom stereocenters. The third-order valence-corrected chi connectivity index (χ3v) is 3.01. The number of hydrogen-bond donors (Lipinski definition) is 2. The van der Waals surface area contributed by atoms with Crippen LogP contribution in [-0.2, 0) is 0 Å². The molecule has 0 aliphatic heterocycles. The number of nitroso groups, excluding NO2 is 1. The van der Waals surface area contributed by atoms with E-state index in [9.17, 15) is 15.1 Å². The van der Waals surface area contributed by atoms with E-state index < -0.39 is 17.2 Å². The molecular weight excluding hydrogens is 182 g/mol. The lowest BCUT2D eigenvalue weighted by Crippen LogP contribution is -2.58. The zero-order chi connectivity index (χ0) is 11.0. The summed E-state index contributed by atoms with van der Waals surface area (Å²) in [6.07, 6.45) is 2.69. The number of allylic oxidation sites excluding steroid dienone is 1. The molecule has 0 bridgehead atoms. The Morgan fingerprint density at radius 1 is 1.64 bits per heavy atom. The van der Waals surface area contributed by atoms with E-state index in [0.717, 1.165) is 5.57 Å². The molecule has 1 aliphatic carbocycles. The molecule has 1 aliphatic rings. The molecule has 0 spiro atoms. The molecular formula is C10H17NO3. The Bertz CT molecular complexity index is 267. The van der Waals surface area contributed by atoms with Crippen LogP contribution in [0.25, 0.3) is 0 Å². The van der Waals surface area contributed by atoms with Gasteiger partial charge >= 0.3 is 0 Å². The summed E-state index contributed by atoms with van der Waals surface area (Å²) in [6.45, 7) is 4.89. The summed E-state index contributed by atoms with van der Waals surface area (Å²) in [6, 6.07) is -0.851. The van der Waals surface area contributed by atoms with Crippen LogP contribution in [0.2, 0.25) is 0 Å². The van der Waals surface area contributed by atoms with E-state index in [-0.39, 0.29) is 0 Å². The summed E-state index contributed by atoms with van der Waals surface area (Å²) in [4.78, 5) is 10.6. The molecule has 14 heavy (non-hydrogen) atoms. The highest BCUT2D eigenvalue weighted by Gasteiger charge is 2.50. The average molecular weight is 199 g/mol. The van der Waals surface area contributed by atoms with Crippen molar-refractivity contribution in [2.75, 3.05) is 0 Å². The van der Waals surface area contributed by atoms with Gasteiger partial charge in [0.05, 0.1) is 5.60 Å². The Hall–Kier alpha value is -0.740. The monoisotopic (exact) mass is 199 g/mol. The van der Waals surface area contributed by atoms with Crippen LogP contribution < -0.4 is 0 Å². The Kier molecular flexibility index (Phi) is 2.78. The van der Waals surface area contributed by atoms with Gasteiger partial charge in [-0.3, -0.25) is 0 Å². The summed E-state index contributed by atoms with van der Waals surface area (Å²) >= 11 is 0. The van der Waals surface area contributed by atoms with Crippen LogP contribution in [0.5, 0.6) is 0 Å². The molecule has 2 N–H and O–H groups in total. The van der Waals surface area contributed by atoms with E-state index in [4.69, 9.17) is 0 Å². The predicted octanol–water partition coefficient (Wildman–Crippen LogP) is 1.36. The highest BCUT2D eigenvalue weighted by Crippen LogP contribution is 2.37. The summed E-state index contributed by atoms with van der Waals surface area (Å²) in [5.74, 6) is 0. The highest BCUT2D eigenvalue weighted by atomic mass is 16.4. The molecule has 2 atom stereocenters. The van der Waals surface area contributed by atoms with E-state index in [1.165, 1.54) is 13.8 Å². The molecule has 80 valence electrons. The van der Waals surface area contributed by atoms with Crippen LogP contribution in [0.3, 0.4) is 0 Å². The van der Waals surface area contributed by atoms with Crippen molar-refractivity contribution in [3.63, 3.8) is 0 Å². The zero-order valence-corrected chi connectivity index (χ0v) is 8.82. The highest BCUT2D eigenvalue weighted by molar-refractivity contribution is 5.20. The second kappa shape index (κ2) is 3.44. The largest absolute Gasteiger partial charge is 0.387 e. The quantitative estimate of drug-likeness (QED) is 0.521. The first-order valence-electron chi connectivity index (χ1n) is 4.76. The second-order valence-electron chi connectivity index (χ2n) is 4.55. The molecule has 4 heteroatoms. The summed E-state index contributed by atoms with van der Waals surface area (Å²) in [7, 11) is 0. The number of rotatable bonds is 2. The van der Waals surface area contributed by atoms with Crippen LogP contribution in [0, 0.1) is 4.91 Å². The van der Waals surface area contributed by atoms with Crippen LogP contribution in [0.4, 0.5) is 0 Å². The lowest BCUT2D eigenvalue weighted by Gasteiger charge is -2.43. The predicted molar refractivity (Wildman–Crippen MR) is 53.8 cm³/mol. The van der Waals surface area contributed by atoms with Gasteiger partial charge in [-0.1, -0.05) is 16.8 Å². The molecule has 1 rings (SSSR count). The number of hydrogen-bond acceptors (Lipinski definition) is 4. The summed E-state index contributed by atoms with van der Waals surface area (Å²) in [5.41, 5.74) is -1.72. The number of nitrogens with zero attached hydrogens (tertiary/aromatic N) is 1. The SMILES string of the molecule is CC1=CC(N=O)C(O)(C(C)(C)O)CC1. The topological polar surface area (TPSA) is 69.9 Å². The van der Waals surface area contributed by atoms with Gasteiger partial charge in [0.15, 0.2) is 0 Å². The molecule has 0 aromatic heterocycles. The van der Waals surface area contributed by atoms with Crippen molar-refractivity contribution in [1.82, 2.24) is 0 Å². The minimum Gasteiger partial charge on any atom is -0.387 e. The van der Waals surface area contributed by atoms with Gasteiger partial charge < -0.3 is 10.2 Å². The molecule has 0 saturated heterocycles. The Labute approximate surface area is 83.6 Å². The summed E-state index contributed by atoms with van der Waals surface area (Å²) in [5, 5.41) is 22.9. The van der Waals surface area contributed by atoms with Gasteiger partial charge in [0.25, 0.3) is 0 Å². The standard InChI is InChI=1S/C10H17NO3/c1-7-4-5-10(13,9(2,3)12)8(6-7)11-14/h6,8,12-13H,4-5H2,1-3H3. The van der Waals surface area contributed by atoms with E-state index in [2.05, 4.69) is 5.18 Å². The molecule has 0 aromatic carbocycles. The maximum Gasteiger partial charge on any atom is 0.142 e. The van der Waals surface area contributed by atoms with Crippen LogP contribution in [0.15, 0.2) is 16.8 Å². The number of aliphatic hydroxyl groups is 2. The zero-order valence-electron chi connectivity index (χ0n) is 8.82. The van der Waals surface area contributed by atoms with Crippen molar-refractivity contribution in [2.24, 2.45) is 5.18 Å². The average Bonchev–Trinajstić information content (AvgIpc) is 2.07. The van der Waals surface area contributed by atoms with Crippen molar-refractivity contribution in [3.8, 4) is 0 Å². The lowest BCUT2D eigenvalue weighted by atomic mass is 9.72. The Morgan fingerprint density at radius 2 is 2.21 bits per heavy atom. The molecule has 0 aromatic rings. The first-order valence-corrected chi connectivity index (χ1v) is 4.76. The van der Waals surface area contributed by atoms with Gasteiger partial charge in [0.1, 0.15) is 11.6 Å². The van der Waals surface area contributed by atoms with Gasteiger partial charge in [-0.25, -0.2) is 0 Å². The Balaban J connectivity index is 3.06. The molecule has 0 saturated carbocycles. The minimum atomic E-state index is -1.44. The normalized spacial score (nSPS) is 33.8.